The van der Waals surface area contributed by atoms with Gasteiger partial charge in [-0.1, -0.05) is 5.16 Å². The van der Waals surface area contributed by atoms with E-state index in [0.29, 0.717) is 0 Å². The van der Waals surface area contributed by atoms with Gasteiger partial charge in [-0.3, -0.25) is 9.59 Å². The number of hydrogen-bond donors (Lipinski definition) is 3. The van der Waals surface area contributed by atoms with E-state index in [4.69, 9.17) is 10.8 Å². The molecule has 1 aromatic rings. The number of rotatable bonds is 4. The Balaban J connectivity index is 2.73. The summed E-state index contributed by atoms with van der Waals surface area (Å²) in [5, 5.41) is 14.0. The number of nitrogens with zero attached hydrogens (tertiary/aromatic N) is 1. The molecular weight excluding hydrogens is 218 g/mol. The van der Waals surface area contributed by atoms with Crippen molar-refractivity contribution in [1.29, 1.82) is 0 Å². The number of primary amides is 1. The van der Waals surface area contributed by atoms with E-state index in [9.17, 15) is 14.4 Å². The summed E-state index contributed by atoms with van der Waals surface area (Å²) in [5.41, 5.74) is 4.69. The van der Waals surface area contributed by atoms with Crippen LogP contribution in [-0.2, 0) is 4.79 Å². The van der Waals surface area contributed by atoms with Crippen LogP contribution in [0.2, 0.25) is 0 Å². The summed E-state index contributed by atoms with van der Waals surface area (Å²) in [4.78, 5) is 32.4. The molecule has 1 aromatic heterocycles. The molecule has 0 saturated heterocycles. The fraction of sp³-hybridized carbons (Fsp3) is 0.250. The molecule has 86 valence electrons. The highest BCUT2D eigenvalue weighted by Crippen LogP contribution is 2.03. The summed E-state index contributed by atoms with van der Waals surface area (Å²) in [7, 11) is 0. The minimum atomic E-state index is -1.34. The molecule has 1 atom stereocenters. The summed E-state index contributed by atoms with van der Waals surface area (Å²) >= 11 is 0. The Morgan fingerprint density at radius 1 is 1.56 bits per heavy atom. The first kappa shape index (κ1) is 11.7. The lowest BCUT2D eigenvalue weighted by Gasteiger charge is -2.07. The van der Waals surface area contributed by atoms with Gasteiger partial charge in [0.1, 0.15) is 6.04 Å². The van der Waals surface area contributed by atoms with Gasteiger partial charge in [0.25, 0.3) is 5.91 Å². The highest BCUT2D eigenvalue weighted by molar-refractivity contribution is 5.97. The third kappa shape index (κ3) is 2.56. The van der Waals surface area contributed by atoms with Crippen molar-refractivity contribution in [2.45, 2.75) is 13.0 Å². The first-order chi connectivity index (χ1) is 7.41. The summed E-state index contributed by atoms with van der Waals surface area (Å²) in [6, 6.07) is 0.0724. The number of carboxylic acids is 1. The van der Waals surface area contributed by atoms with Crippen molar-refractivity contribution in [3.63, 3.8) is 0 Å². The van der Waals surface area contributed by atoms with Gasteiger partial charge in [-0.15, -0.1) is 0 Å². The number of hydrogen-bond acceptors (Lipinski definition) is 5. The third-order valence-corrected chi connectivity index (χ3v) is 1.73. The molecule has 0 spiro atoms. The van der Waals surface area contributed by atoms with Crippen LogP contribution >= 0.6 is 0 Å². The number of nitrogens with two attached hydrogens (primary N) is 1. The quantitative estimate of drug-likeness (QED) is 0.602. The summed E-state index contributed by atoms with van der Waals surface area (Å²) in [5.74, 6) is -3.25. The molecule has 0 aliphatic rings. The molecule has 0 aromatic carbocycles. The Hall–Kier alpha value is -2.38. The van der Waals surface area contributed by atoms with E-state index in [1.807, 2.05) is 0 Å². The fourth-order valence-corrected chi connectivity index (χ4v) is 0.825. The fourth-order valence-electron chi connectivity index (χ4n) is 0.825. The minimum Gasteiger partial charge on any atom is -0.475 e. The van der Waals surface area contributed by atoms with Crippen LogP contribution in [0.15, 0.2) is 10.6 Å². The number of carboxylic acid groups (broad SMARTS) is 1. The van der Waals surface area contributed by atoms with Gasteiger partial charge in [-0.25, -0.2) is 4.79 Å². The van der Waals surface area contributed by atoms with Gasteiger partial charge >= 0.3 is 5.97 Å². The van der Waals surface area contributed by atoms with Crippen LogP contribution in [-0.4, -0.2) is 34.1 Å². The molecule has 1 rings (SSSR count). The molecule has 4 N–H and O–H groups in total. The number of amides is 2. The molecule has 16 heavy (non-hydrogen) atoms. The zero-order chi connectivity index (χ0) is 12.3. The minimum absolute atomic E-state index is 0.231. The molecule has 1 unspecified atom stereocenters. The zero-order valence-electron chi connectivity index (χ0n) is 8.26. The van der Waals surface area contributed by atoms with Crippen molar-refractivity contribution in [2.75, 3.05) is 0 Å². The topological polar surface area (TPSA) is 136 Å². The standard InChI is InChI=1S/C8H9N3O5/c1-3(6(9)12)10-7(13)4-2-5(8(14)15)16-11-4/h2-3H,1H3,(H2,9,12)(H,10,13)(H,14,15). The van der Waals surface area contributed by atoms with Crippen molar-refractivity contribution >= 4 is 17.8 Å². The van der Waals surface area contributed by atoms with Crippen LogP contribution in [0.5, 0.6) is 0 Å². The second kappa shape index (κ2) is 4.43. The van der Waals surface area contributed by atoms with E-state index in [-0.39, 0.29) is 5.69 Å². The van der Waals surface area contributed by atoms with Crippen LogP contribution < -0.4 is 11.1 Å². The average molecular weight is 227 g/mol. The molecule has 0 saturated carbocycles. The predicted octanol–water partition coefficient (Wildman–Crippen LogP) is -1.02. The molecule has 8 heteroatoms. The maximum atomic E-state index is 11.4. The summed E-state index contributed by atoms with van der Waals surface area (Å²) in [6.07, 6.45) is 0. The summed E-state index contributed by atoms with van der Waals surface area (Å²) in [6.45, 7) is 1.39. The lowest BCUT2D eigenvalue weighted by Crippen LogP contribution is -2.42. The van der Waals surface area contributed by atoms with Crippen molar-refractivity contribution in [1.82, 2.24) is 10.5 Å². The average Bonchev–Trinajstić information content (AvgIpc) is 2.65. The van der Waals surface area contributed by atoms with Gasteiger partial charge in [-0.05, 0) is 6.92 Å². The van der Waals surface area contributed by atoms with Crippen LogP contribution in [0.3, 0.4) is 0 Å². The van der Waals surface area contributed by atoms with E-state index in [1.54, 1.807) is 0 Å². The molecule has 1 heterocycles. The Morgan fingerprint density at radius 2 is 2.19 bits per heavy atom. The van der Waals surface area contributed by atoms with Gasteiger partial charge in [0.15, 0.2) is 5.69 Å². The van der Waals surface area contributed by atoms with E-state index in [0.717, 1.165) is 6.07 Å². The van der Waals surface area contributed by atoms with Gasteiger partial charge in [-0.2, -0.15) is 0 Å². The lowest BCUT2D eigenvalue weighted by atomic mass is 10.3. The van der Waals surface area contributed by atoms with E-state index in [2.05, 4.69) is 15.0 Å². The maximum Gasteiger partial charge on any atom is 0.374 e. The van der Waals surface area contributed by atoms with Crippen molar-refractivity contribution < 1.29 is 24.0 Å². The smallest absolute Gasteiger partial charge is 0.374 e. The maximum absolute atomic E-state index is 11.4. The van der Waals surface area contributed by atoms with Gasteiger partial charge in [0.2, 0.25) is 11.7 Å². The number of nitrogens with one attached hydrogen (secondary N) is 1. The molecule has 0 fully saturated rings. The Labute approximate surface area is 89.4 Å². The van der Waals surface area contributed by atoms with E-state index < -0.39 is 29.6 Å². The monoisotopic (exact) mass is 227 g/mol. The van der Waals surface area contributed by atoms with Crippen molar-refractivity contribution in [3.8, 4) is 0 Å². The molecule has 0 aliphatic carbocycles. The predicted molar refractivity (Wildman–Crippen MR) is 49.6 cm³/mol. The molecule has 0 radical (unpaired) electrons. The molecular formula is C8H9N3O5. The van der Waals surface area contributed by atoms with Crippen LogP contribution in [0.25, 0.3) is 0 Å². The highest BCUT2D eigenvalue weighted by Gasteiger charge is 2.19. The molecule has 8 nitrogen and oxygen atoms in total. The largest absolute Gasteiger partial charge is 0.475 e. The van der Waals surface area contributed by atoms with Gasteiger partial charge in [0, 0.05) is 6.07 Å². The second-order valence-corrected chi connectivity index (χ2v) is 2.98. The SMILES string of the molecule is CC(NC(=O)c1cc(C(=O)O)on1)C(N)=O. The van der Waals surface area contributed by atoms with Crippen molar-refractivity contribution in [3.05, 3.63) is 17.5 Å². The Bertz CT molecular complexity index is 439. The van der Waals surface area contributed by atoms with Crippen LogP contribution in [0, 0.1) is 0 Å². The van der Waals surface area contributed by atoms with Gasteiger partial charge < -0.3 is 20.7 Å². The lowest BCUT2D eigenvalue weighted by molar-refractivity contribution is -0.119. The molecule has 2 amide bonds. The van der Waals surface area contributed by atoms with Crippen LogP contribution in [0.4, 0.5) is 0 Å². The number of carbonyl (C=O) groups excluding carboxylic acids is 2. The Kier molecular flexibility index (Phi) is 3.24. The number of aromatic nitrogens is 1. The number of carbonyl (C=O) groups is 3. The zero-order valence-corrected chi connectivity index (χ0v) is 8.26. The van der Waals surface area contributed by atoms with Crippen molar-refractivity contribution in [2.24, 2.45) is 5.73 Å². The van der Waals surface area contributed by atoms with E-state index >= 15 is 0 Å². The normalized spacial score (nSPS) is 11.8. The van der Waals surface area contributed by atoms with E-state index in [1.165, 1.54) is 6.92 Å². The second-order valence-electron chi connectivity index (χ2n) is 2.98. The first-order valence-electron chi connectivity index (χ1n) is 4.22. The third-order valence-electron chi connectivity index (χ3n) is 1.73. The molecule has 0 aliphatic heterocycles. The molecule has 0 bridgehead atoms. The Morgan fingerprint density at radius 3 is 2.62 bits per heavy atom. The van der Waals surface area contributed by atoms with Crippen LogP contribution in [0.1, 0.15) is 28.0 Å². The van der Waals surface area contributed by atoms with Gasteiger partial charge in [0.05, 0.1) is 0 Å². The highest BCUT2D eigenvalue weighted by atomic mass is 16.5. The number of aromatic carboxylic acids is 1. The summed E-state index contributed by atoms with van der Waals surface area (Å²) < 4.78 is 4.36. The first-order valence-corrected chi connectivity index (χ1v) is 4.22.